The van der Waals surface area contributed by atoms with Crippen molar-refractivity contribution in [1.82, 2.24) is 14.5 Å². The van der Waals surface area contributed by atoms with Crippen LogP contribution in [-0.2, 0) is 28.4 Å². The van der Waals surface area contributed by atoms with E-state index in [-0.39, 0.29) is 11.4 Å². The lowest BCUT2D eigenvalue weighted by molar-refractivity contribution is 0.354. The maximum absolute atomic E-state index is 13.2. The van der Waals surface area contributed by atoms with Gasteiger partial charge in [-0.1, -0.05) is 57.2 Å². The van der Waals surface area contributed by atoms with Crippen LogP contribution in [0, 0.1) is 0 Å². The number of nitrogens with one attached hydrogen (secondary N) is 1. The zero-order valence-electron chi connectivity index (χ0n) is 19.3. The van der Waals surface area contributed by atoms with Gasteiger partial charge in [0.1, 0.15) is 4.90 Å². The zero-order chi connectivity index (χ0) is 23.4. The highest BCUT2D eigenvalue weighted by Gasteiger charge is 2.29. The monoisotopic (exact) mass is 457 g/mol. The molecule has 0 aliphatic heterocycles. The van der Waals surface area contributed by atoms with Crippen molar-refractivity contribution in [1.29, 1.82) is 0 Å². The second kappa shape index (κ2) is 9.75. The summed E-state index contributed by atoms with van der Waals surface area (Å²) in [6.45, 7) is 6.65. The first-order valence-corrected chi connectivity index (χ1v) is 11.9. The average molecular weight is 458 g/mol. The molecule has 8 heteroatoms. The molecule has 0 aliphatic rings. The van der Waals surface area contributed by atoms with E-state index in [1.165, 1.54) is 0 Å². The largest absolute Gasteiger partial charge is 0.493 e. The molecule has 32 heavy (non-hydrogen) atoms. The van der Waals surface area contributed by atoms with E-state index in [4.69, 9.17) is 9.47 Å². The number of rotatable bonds is 9. The molecular weight excluding hydrogens is 426 g/mol. The first kappa shape index (κ1) is 23.8. The van der Waals surface area contributed by atoms with Crippen LogP contribution in [-0.4, -0.2) is 39.0 Å². The highest BCUT2D eigenvalue weighted by Crippen LogP contribution is 2.29. The van der Waals surface area contributed by atoms with E-state index in [1.54, 1.807) is 25.1 Å². The summed E-state index contributed by atoms with van der Waals surface area (Å²) in [7, 11) is -0.579. The number of benzene rings is 2. The van der Waals surface area contributed by atoms with E-state index in [9.17, 15) is 8.42 Å². The summed E-state index contributed by atoms with van der Waals surface area (Å²) in [4.78, 5) is 0.216. The molecule has 172 valence electrons. The molecule has 3 aromatic rings. The van der Waals surface area contributed by atoms with Crippen molar-refractivity contribution in [3.05, 3.63) is 71.5 Å². The fourth-order valence-electron chi connectivity index (χ4n) is 3.41. The maximum atomic E-state index is 13.2. The maximum Gasteiger partial charge on any atom is 0.244 e. The van der Waals surface area contributed by atoms with E-state index >= 15 is 0 Å². The Labute approximate surface area is 190 Å². The topological polar surface area (TPSA) is 82.5 Å². The predicted molar refractivity (Wildman–Crippen MR) is 125 cm³/mol. The summed E-state index contributed by atoms with van der Waals surface area (Å²) < 4.78 is 41.3. The van der Waals surface area contributed by atoms with Gasteiger partial charge >= 0.3 is 0 Å². The van der Waals surface area contributed by atoms with Gasteiger partial charge in [-0.2, -0.15) is 5.10 Å². The van der Waals surface area contributed by atoms with Gasteiger partial charge in [-0.3, -0.25) is 4.68 Å². The third-order valence-electron chi connectivity index (χ3n) is 5.07. The Morgan fingerprint density at radius 3 is 2.28 bits per heavy atom. The van der Waals surface area contributed by atoms with Crippen LogP contribution in [0.4, 0.5) is 0 Å². The van der Waals surface area contributed by atoms with Gasteiger partial charge in [0, 0.05) is 18.2 Å². The van der Waals surface area contributed by atoms with Crippen molar-refractivity contribution >= 4 is 10.0 Å². The van der Waals surface area contributed by atoms with Gasteiger partial charge in [0.05, 0.1) is 26.5 Å². The Kier molecular flexibility index (Phi) is 7.26. The molecule has 0 unspecified atom stereocenters. The average Bonchev–Trinajstić information content (AvgIpc) is 3.19. The van der Waals surface area contributed by atoms with Crippen LogP contribution in [0.2, 0.25) is 0 Å². The smallest absolute Gasteiger partial charge is 0.244 e. The highest BCUT2D eigenvalue weighted by molar-refractivity contribution is 7.89. The fourth-order valence-corrected chi connectivity index (χ4v) is 4.80. The summed E-state index contributed by atoms with van der Waals surface area (Å²) >= 11 is 0. The third kappa shape index (κ3) is 5.69. The molecule has 0 atom stereocenters. The molecular formula is C24H31N3O4S. The van der Waals surface area contributed by atoms with Crippen LogP contribution < -0.4 is 14.2 Å². The Bertz CT molecular complexity index is 1150. The molecule has 0 saturated heterocycles. The van der Waals surface area contributed by atoms with Crippen LogP contribution in [0.1, 0.15) is 37.6 Å². The summed E-state index contributed by atoms with van der Waals surface area (Å²) in [6, 6.07) is 15.4. The molecule has 0 spiro atoms. The Hall–Kier alpha value is -2.84. The van der Waals surface area contributed by atoms with Crippen molar-refractivity contribution in [2.24, 2.45) is 0 Å². The Morgan fingerprint density at radius 1 is 0.969 bits per heavy atom. The molecule has 0 aliphatic carbocycles. The molecule has 0 amide bonds. The van der Waals surface area contributed by atoms with Crippen LogP contribution in [0.5, 0.6) is 11.5 Å². The lowest BCUT2D eigenvalue weighted by Gasteiger charge is -2.17. The van der Waals surface area contributed by atoms with Crippen LogP contribution >= 0.6 is 0 Å². The quantitative estimate of drug-likeness (QED) is 0.529. The number of hydrogen-bond donors (Lipinski definition) is 1. The van der Waals surface area contributed by atoms with Gasteiger partial charge in [0.15, 0.2) is 11.5 Å². The number of aromatic nitrogens is 2. The number of ether oxygens (including phenoxy) is 2. The molecule has 2 aromatic carbocycles. The van der Waals surface area contributed by atoms with E-state index in [2.05, 4.69) is 9.82 Å². The second-order valence-corrected chi connectivity index (χ2v) is 10.3. The summed E-state index contributed by atoms with van der Waals surface area (Å²) in [5.41, 5.74) is 2.13. The molecule has 0 bridgehead atoms. The van der Waals surface area contributed by atoms with E-state index in [0.29, 0.717) is 30.2 Å². The first-order chi connectivity index (χ1) is 15.1. The van der Waals surface area contributed by atoms with Crippen molar-refractivity contribution < 1.29 is 17.9 Å². The molecule has 1 heterocycles. The molecule has 3 rings (SSSR count). The number of nitrogens with zero attached hydrogens (tertiary/aromatic N) is 2. The van der Waals surface area contributed by atoms with E-state index < -0.39 is 15.4 Å². The summed E-state index contributed by atoms with van der Waals surface area (Å²) in [5, 5.41) is 4.62. The molecule has 1 aromatic heterocycles. The first-order valence-electron chi connectivity index (χ1n) is 10.5. The van der Waals surface area contributed by atoms with E-state index in [1.807, 2.05) is 69.3 Å². The number of methoxy groups -OCH3 is 2. The number of hydrogen-bond acceptors (Lipinski definition) is 5. The van der Waals surface area contributed by atoms with Crippen LogP contribution in [0.25, 0.3) is 0 Å². The normalized spacial score (nSPS) is 12.0. The van der Waals surface area contributed by atoms with Crippen molar-refractivity contribution in [3.63, 3.8) is 0 Å². The third-order valence-corrected chi connectivity index (χ3v) is 6.53. The van der Waals surface area contributed by atoms with Crippen molar-refractivity contribution in [2.45, 2.75) is 44.0 Å². The summed E-state index contributed by atoms with van der Waals surface area (Å²) in [5.74, 6) is 1.25. The van der Waals surface area contributed by atoms with Gasteiger partial charge in [-0.05, 0) is 29.7 Å². The van der Waals surface area contributed by atoms with Crippen LogP contribution in [0.3, 0.4) is 0 Å². The van der Waals surface area contributed by atoms with Crippen LogP contribution in [0.15, 0.2) is 59.6 Å². The number of sulfonamides is 1. The SMILES string of the molecule is COc1ccc(CCNS(=O)(=O)c2cn(Cc3ccccc3)nc2C(C)(C)C)cc1OC. The van der Waals surface area contributed by atoms with E-state index in [0.717, 1.165) is 11.1 Å². The lowest BCUT2D eigenvalue weighted by atomic mass is 9.92. The van der Waals surface area contributed by atoms with Crippen molar-refractivity contribution in [3.8, 4) is 11.5 Å². The summed E-state index contributed by atoms with van der Waals surface area (Å²) in [6.07, 6.45) is 2.13. The lowest BCUT2D eigenvalue weighted by Crippen LogP contribution is -2.28. The van der Waals surface area contributed by atoms with Gasteiger partial charge in [-0.25, -0.2) is 13.1 Å². The predicted octanol–water partition coefficient (Wildman–Crippen LogP) is 3.77. The fraction of sp³-hybridized carbons (Fsp3) is 0.375. The zero-order valence-corrected chi connectivity index (χ0v) is 20.1. The molecule has 0 saturated carbocycles. The molecule has 1 N–H and O–H groups in total. The Balaban J connectivity index is 1.78. The minimum Gasteiger partial charge on any atom is -0.493 e. The molecule has 0 radical (unpaired) electrons. The van der Waals surface area contributed by atoms with Crippen molar-refractivity contribution in [2.75, 3.05) is 20.8 Å². The minimum absolute atomic E-state index is 0.216. The van der Waals surface area contributed by atoms with Gasteiger partial charge in [0.2, 0.25) is 10.0 Å². The van der Waals surface area contributed by atoms with Gasteiger partial charge in [-0.15, -0.1) is 0 Å². The standard InChI is InChI=1S/C24H31N3O4S/c1-24(2,3)23-22(17-27(26-23)16-19-9-7-6-8-10-19)32(28,29)25-14-13-18-11-12-20(30-4)21(15-18)31-5/h6-12,15,17,25H,13-14,16H2,1-5H3. The molecule has 7 nitrogen and oxygen atoms in total. The van der Waals surface area contributed by atoms with Gasteiger partial charge < -0.3 is 9.47 Å². The molecule has 0 fully saturated rings. The Morgan fingerprint density at radius 2 is 1.66 bits per heavy atom. The highest BCUT2D eigenvalue weighted by atomic mass is 32.2. The minimum atomic E-state index is -3.73. The van der Waals surface area contributed by atoms with Gasteiger partial charge in [0.25, 0.3) is 0 Å². The second-order valence-electron chi connectivity index (χ2n) is 8.61.